The highest BCUT2D eigenvalue weighted by Gasteiger charge is 2.14. The van der Waals surface area contributed by atoms with E-state index in [4.69, 9.17) is 4.74 Å². The first-order valence-corrected chi connectivity index (χ1v) is 8.99. The molecular formula is C12H26N4O3S. The Hall–Kier alpha value is -0.860. The minimum atomic E-state index is -3.10. The molecule has 1 heterocycles. The number of sulfonamides is 1. The van der Waals surface area contributed by atoms with E-state index >= 15 is 0 Å². The summed E-state index contributed by atoms with van der Waals surface area (Å²) in [6.45, 7) is 5.39. The predicted molar refractivity (Wildman–Crippen MR) is 80.4 cm³/mol. The SMILES string of the molecule is CCNC(=NCC1CCCO1)NCCCNS(C)(=O)=O. The minimum Gasteiger partial charge on any atom is -0.376 e. The molecule has 8 heteroatoms. The molecule has 3 N–H and O–H groups in total. The van der Waals surface area contributed by atoms with Crippen LogP contribution in [0.15, 0.2) is 4.99 Å². The van der Waals surface area contributed by atoms with Crippen molar-refractivity contribution in [1.29, 1.82) is 0 Å². The molecule has 0 spiro atoms. The van der Waals surface area contributed by atoms with E-state index in [0.717, 1.165) is 38.2 Å². The Morgan fingerprint density at radius 1 is 1.35 bits per heavy atom. The highest BCUT2D eigenvalue weighted by molar-refractivity contribution is 7.88. The Bertz CT molecular complexity index is 392. The van der Waals surface area contributed by atoms with Crippen molar-refractivity contribution in [3.63, 3.8) is 0 Å². The van der Waals surface area contributed by atoms with Crippen LogP contribution in [0.2, 0.25) is 0 Å². The second-order valence-electron chi connectivity index (χ2n) is 4.80. The van der Waals surface area contributed by atoms with E-state index in [0.29, 0.717) is 26.1 Å². The summed E-state index contributed by atoms with van der Waals surface area (Å²) < 4.78 is 29.8. The first-order chi connectivity index (χ1) is 9.51. The fraction of sp³-hybridized carbons (Fsp3) is 0.917. The number of aliphatic imine (C=N–C) groups is 1. The van der Waals surface area contributed by atoms with Crippen molar-refractivity contribution >= 4 is 16.0 Å². The van der Waals surface area contributed by atoms with Crippen LogP contribution < -0.4 is 15.4 Å². The van der Waals surface area contributed by atoms with Crippen LogP contribution in [0.1, 0.15) is 26.2 Å². The topological polar surface area (TPSA) is 91.8 Å². The molecule has 1 aliphatic rings. The summed E-state index contributed by atoms with van der Waals surface area (Å²) in [5.74, 6) is 0.752. The average Bonchev–Trinajstić information content (AvgIpc) is 2.87. The van der Waals surface area contributed by atoms with E-state index in [-0.39, 0.29) is 6.10 Å². The van der Waals surface area contributed by atoms with Gasteiger partial charge >= 0.3 is 0 Å². The summed E-state index contributed by atoms with van der Waals surface area (Å²) in [6.07, 6.45) is 4.28. The quantitative estimate of drug-likeness (QED) is 0.324. The molecule has 7 nitrogen and oxygen atoms in total. The lowest BCUT2D eigenvalue weighted by Gasteiger charge is -2.12. The van der Waals surface area contributed by atoms with Crippen LogP contribution in [-0.4, -0.2) is 59.5 Å². The Morgan fingerprint density at radius 3 is 2.75 bits per heavy atom. The summed E-state index contributed by atoms with van der Waals surface area (Å²) in [6, 6.07) is 0. The van der Waals surface area contributed by atoms with E-state index in [1.165, 1.54) is 0 Å². The number of hydrogen-bond acceptors (Lipinski definition) is 4. The molecule has 1 rings (SSSR count). The second kappa shape index (κ2) is 9.15. The fourth-order valence-electron chi connectivity index (χ4n) is 1.88. The molecule has 1 saturated heterocycles. The number of nitrogens with one attached hydrogen (secondary N) is 3. The fourth-order valence-corrected chi connectivity index (χ4v) is 2.39. The van der Waals surface area contributed by atoms with Crippen LogP contribution in [0, 0.1) is 0 Å². The molecular weight excluding hydrogens is 280 g/mol. The molecule has 0 aromatic heterocycles. The van der Waals surface area contributed by atoms with Gasteiger partial charge in [0.05, 0.1) is 18.9 Å². The summed E-state index contributed by atoms with van der Waals surface area (Å²) in [5, 5.41) is 6.34. The van der Waals surface area contributed by atoms with Gasteiger partial charge in [0.15, 0.2) is 5.96 Å². The Labute approximate surface area is 121 Å². The van der Waals surface area contributed by atoms with Crippen molar-refractivity contribution in [1.82, 2.24) is 15.4 Å². The Kier molecular flexibility index (Phi) is 7.86. The molecule has 1 atom stereocenters. The van der Waals surface area contributed by atoms with Crippen LogP contribution >= 0.6 is 0 Å². The third-order valence-corrected chi connectivity index (χ3v) is 3.56. The van der Waals surface area contributed by atoms with E-state index in [2.05, 4.69) is 20.3 Å². The maximum Gasteiger partial charge on any atom is 0.208 e. The van der Waals surface area contributed by atoms with Gasteiger partial charge in [-0.2, -0.15) is 0 Å². The molecule has 0 bridgehead atoms. The maximum absolute atomic E-state index is 10.9. The number of nitrogens with zero attached hydrogens (tertiary/aromatic N) is 1. The molecule has 0 aromatic carbocycles. The monoisotopic (exact) mass is 306 g/mol. The predicted octanol–water partition coefficient (Wildman–Crippen LogP) is -0.340. The average molecular weight is 306 g/mol. The van der Waals surface area contributed by atoms with Crippen molar-refractivity contribution in [2.24, 2.45) is 4.99 Å². The van der Waals surface area contributed by atoms with Crippen molar-refractivity contribution in [3.05, 3.63) is 0 Å². The normalized spacial score (nSPS) is 20.1. The lowest BCUT2D eigenvalue weighted by molar-refractivity contribution is 0.117. The van der Waals surface area contributed by atoms with Gasteiger partial charge in [0.1, 0.15) is 0 Å². The summed E-state index contributed by atoms with van der Waals surface area (Å²) in [4.78, 5) is 4.47. The maximum atomic E-state index is 10.9. The number of rotatable bonds is 8. The standard InChI is InChI=1S/C12H26N4O3S/c1-3-13-12(15-10-11-6-4-9-19-11)14-7-5-8-16-20(2,17)18/h11,16H,3-10H2,1-2H3,(H2,13,14,15). The molecule has 20 heavy (non-hydrogen) atoms. The van der Waals surface area contributed by atoms with E-state index in [1.54, 1.807) is 0 Å². The lowest BCUT2D eigenvalue weighted by Crippen LogP contribution is -2.39. The van der Waals surface area contributed by atoms with Crippen LogP contribution in [0.25, 0.3) is 0 Å². The third kappa shape index (κ3) is 8.34. The molecule has 0 saturated carbocycles. The van der Waals surface area contributed by atoms with Crippen LogP contribution in [0.3, 0.4) is 0 Å². The molecule has 0 amide bonds. The summed E-state index contributed by atoms with van der Waals surface area (Å²) >= 11 is 0. The van der Waals surface area contributed by atoms with Crippen molar-refractivity contribution in [2.75, 3.05) is 39.0 Å². The van der Waals surface area contributed by atoms with Crippen molar-refractivity contribution < 1.29 is 13.2 Å². The van der Waals surface area contributed by atoms with Gasteiger partial charge in [0.25, 0.3) is 0 Å². The highest BCUT2D eigenvalue weighted by atomic mass is 32.2. The molecule has 1 aliphatic heterocycles. The van der Waals surface area contributed by atoms with Gasteiger partial charge in [-0.15, -0.1) is 0 Å². The first-order valence-electron chi connectivity index (χ1n) is 7.09. The van der Waals surface area contributed by atoms with Crippen molar-refractivity contribution in [3.8, 4) is 0 Å². The molecule has 0 aliphatic carbocycles. The second-order valence-corrected chi connectivity index (χ2v) is 6.63. The largest absolute Gasteiger partial charge is 0.376 e. The van der Waals surface area contributed by atoms with Gasteiger partial charge in [0, 0.05) is 26.2 Å². The van der Waals surface area contributed by atoms with Crippen LogP contribution in [-0.2, 0) is 14.8 Å². The number of hydrogen-bond donors (Lipinski definition) is 3. The van der Waals surface area contributed by atoms with Gasteiger partial charge in [-0.3, -0.25) is 4.99 Å². The molecule has 1 fully saturated rings. The number of guanidine groups is 1. The van der Waals surface area contributed by atoms with Gasteiger partial charge in [-0.25, -0.2) is 13.1 Å². The third-order valence-electron chi connectivity index (χ3n) is 2.83. The molecule has 0 aromatic rings. The molecule has 118 valence electrons. The Balaban J connectivity index is 2.22. The van der Waals surface area contributed by atoms with Gasteiger partial charge in [-0.1, -0.05) is 0 Å². The molecule has 1 unspecified atom stereocenters. The molecule has 0 radical (unpaired) electrons. The lowest BCUT2D eigenvalue weighted by atomic mass is 10.2. The Morgan fingerprint density at radius 2 is 2.15 bits per heavy atom. The number of ether oxygens (including phenoxy) is 1. The summed E-state index contributed by atoms with van der Waals surface area (Å²) in [7, 11) is -3.10. The van der Waals surface area contributed by atoms with Gasteiger partial charge < -0.3 is 15.4 Å². The van der Waals surface area contributed by atoms with Crippen LogP contribution in [0.4, 0.5) is 0 Å². The minimum absolute atomic E-state index is 0.234. The highest BCUT2D eigenvalue weighted by Crippen LogP contribution is 2.11. The zero-order valence-electron chi connectivity index (χ0n) is 12.3. The van der Waals surface area contributed by atoms with Gasteiger partial charge in [-0.05, 0) is 26.2 Å². The van der Waals surface area contributed by atoms with Gasteiger partial charge in [0.2, 0.25) is 10.0 Å². The zero-order valence-corrected chi connectivity index (χ0v) is 13.1. The smallest absolute Gasteiger partial charge is 0.208 e. The van der Waals surface area contributed by atoms with E-state index < -0.39 is 10.0 Å². The van der Waals surface area contributed by atoms with E-state index in [1.807, 2.05) is 6.92 Å². The first kappa shape index (κ1) is 17.2. The van der Waals surface area contributed by atoms with Crippen LogP contribution in [0.5, 0.6) is 0 Å². The van der Waals surface area contributed by atoms with E-state index in [9.17, 15) is 8.42 Å². The summed E-state index contributed by atoms with van der Waals surface area (Å²) in [5.41, 5.74) is 0. The zero-order chi connectivity index (χ0) is 14.8. The van der Waals surface area contributed by atoms with Crippen molar-refractivity contribution in [2.45, 2.75) is 32.3 Å².